The summed E-state index contributed by atoms with van der Waals surface area (Å²) < 4.78 is 63.5. The quantitative estimate of drug-likeness (QED) is 0.264. The minimum absolute atomic E-state index is 0.152. The van der Waals surface area contributed by atoms with Crippen LogP contribution in [0.25, 0.3) is 0 Å². The van der Waals surface area contributed by atoms with Crippen LogP contribution in [0.3, 0.4) is 0 Å². The Kier molecular flexibility index (Phi) is 11.3. The highest BCUT2D eigenvalue weighted by Crippen LogP contribution is 2.17. The first-order valence-corrected chi connectivity index (χ1v) is 11.4. The van der Waals surface area contributed by atoms with Gasteiger partial charge in [0.25, 0.3) is 5.91 Å². The van der Waals surface area contributed by atoms with Crippen molar-refractivity contribution in [2.45, 2.75) is 12.4 Å². The van der Waals surface area contributed by atoms with Gasteiger partial charge < -0.3 is 36.8 Å². The molecule has 18 heteroatoms. The second-order valence-corrected chi connectivity index (χ2v) is 7.78. The van der Waals surface area contributed by atoms with Crippen LogP contribution in [-0.4, -0.2) is 78.5 Å². The van der Waals surface area contributed by atoms with E-state index in [4.69, 9.17) is 19.8 Å². The largest absolute Gasteiger partial charge is 0.490 e. The number of aliphatic carboxylic acids is 2. The number of aliphatic imine (C=N–C) groups is 2. The van der Waals surface area contributed by atoms with Crippen LogP contribution in [0.15, 0.2) is 58.5 Å². The molecule has 0 aliphatic carbocycles. The monoisotopic (exact) mass is 591 g/mol. The number of carbonyl (C=O) groups is 3. The fourth-order valence-corrected chi connectivity index (χ4v) is 2.78. The fourth-order valence-electron chi connectivity index (χ4n) is 2.78. The number of hydrogen-bond acceptors (Lipinski definition) is 9. The lowest BCUT2D eigenvalue weighted by Gasteiger charge is -2.10. The predicted molar refractivity (Wildman–Crippen MR) is 136 cm³/mol. The van der Waals surface area contributed by atoms with Gasteiger partial charge in [-0.15, -0.1) is 0 Å². The van der Waals surface area contributed by atoms with Gasteiger partial charge >= 0.3 is 24.3 Å². The Bertz CT molecular complexity index is 1240. The van der Waals surface area contributed by atoms with Crippen molar-refractivity contribution >= 4 is 46.8 Å². The lowest BCUT2D eigenvalue weighted by Crippen LogP contribution is -2.26. The smallest absolute Gasteiger partial charge is 0.475 e. The van der Waals surface area contributed by atoms with Crippen molar-refractivity contribution in [1.29, 1.82) is 0 Å². The lowest BCUT2D eigenvalue weighted by molar-refractivity contribution is -0.193. The molecule has 0 saturated carbocycles. The Morgan fingerprint density at radius 2 is 1.00 bits per heavy atom. The first-order valence-electron chi connectivity index (χ1n) is 11.4. The molecule has 2 aliphatic rings. The molecular weight excluding hydrogens is 568 g/mol. The molecular formula is C23H23F6N7O5. The molecule has 7 N–H and O–H groups in total. The highest BCUT2D eigenvalue weighted by molar-refractivity contribution is 6.05. The number of carbonyl (C=O) groups excluding carboxylic acids is 1. The van der Waals surface area contributed by atoms with Crippen LogP contribution in [0.1, 0.15) is 10.4 Å². The summed E-state index contributed by atoms with van der Waals surface area (Å²) in [5.41, 5.74) is 3.13. The normalized spacial score (nSPS) is 13.9. The van der Waals surface area contributed by atoms with Gasteiger partial charge in [0.15, 0.2) is 11.9 Å². The van der Waals surface area contributed by atoms with E-state index in [2.05, 4.69) is 36.6 Å². The van der Waals surface area contributed by atoms with E-state index in [0.717, 1.165) is 55.2 Å². The Labute approximate surface area is 227 Å². The second-order valence-electron chi connectivity index (χ2n) is 7.78. The molecule has 2 aliphatic heterocycles. The Hall–Kier alpha value is -5.03. The highest BCUT2D eigenvalue weighted by Gasteiger charge is 2.38. The number of nitrogens with one attached hydrogen (secondary N) is 5. The Balaban J connectivity index is 0.000000349. The van der Waals surface area contributed by atoms with E-state index in [1.54, 1.807) is 12.1 Å². The van der Waals surface area contributed by atoms with Gasteiger partial charge in [-0.05, 0) is 48.5 Å². The number of hydrogen-bond donors (Lipinski definition) is 7. The second kappa shape index (κ2) is 14.4. The third-order valence-electron chi connectivity index (χ3n) is 4.65. The standard InChI is InChI=1S/C19H21N7O.2C2HF3O2/c27-17(13-1-3-15(4-2-13)25-18-20-9-10-21-18)24-14-5-7-16(8-6-14)26-19-22-11-12-23-19;2*3-2(4,5)1(6)7/h1-8H,9-12H2,(H,24,27)(H2,20,21,25)(H2,22,23,26);2*(H,6,7). The van der Waals surface area contributed by atoms with Gasteiger partial charge in [0.1, 0.15) is 0 Å². The van der Waals surface area contributed by atoms with Crippen molar-refractivity contribution in [3.05, 3.63) is 54.1 Å². The van der Waals surface area contributed by atoms with Crippen molar-refractivity contribution in [3.8, 4) is 0 Å². The van der Waals surface area contributed by atoms with E-state index in [-0.39, 0.29) is 5.91 Å². The van der Waals surface area contributed by atoms with Crippen molar-refractivity contribution in [3.63, 3.8) is 0 Å². The number of rotatable bonds is 4. The van der Waals surface area contributed by atoms with Crippen LogP contribution in [0, 0.1) is 0 Å². The number of halogens is 6. The maximum Gasteiger partial charge on any atom is 0.490 e. The molecule has 0 spiro atoms. The molecule has 2 aromatic rings. The Morgan fingerprint density at radius 1 is 0.659 bits per heavy atom. The molecule has 12 nitrogen and oxygen atoms in total. The third kappa shape index (κ3) is 11.7. The van der Waals surface area contributed by atoms with Crippen molar-refractivity contribution in [2.24, 2.45) is 9.98 Å². The first-order chi connectivity index (χ1) is 19.1. The van der Waals surface area contributed by atoms with Gasteiger partial charge in [0.05, 0.1) is 13.1 Å². The molecule has 4 rings (SSSR count). The van der Waals surface area contributed by atoms with E-state index in [0.29, 0.717) is 5.56 Å². The van der Waals surface area contributed by atoms with Crippen LogP contribution >= 0.6 is 0 Å². The number of guanidine groups is 2. The van der Waals surface area contributed by atoms with Gasteiger partial charge in [-0.1, -0.05) is 0 Å². The van der Waals surface area contributed by atoms with Crippen LogP contribution in [0.4, 0.5) is 43.4 Å². The zero-order chi connectivity index (χ0) is 30.6. The number of alkyl halides is 6. The van der Waals surface area contributed by atoms with E-state index >= 15 is 0 Å². The molecule has 0 unspecified atom stereocenters. The van der Waals surface area contributed by atoms with Crippen LogP contribution in [0.2, 0.25) is 0 Å². The van der Waals surface area contributed by atoms with E-state index in [1.807, 2.05) is 36.4 Å². The van der Waals surface area contributed by atoms with Gasteiger partial charge in [0.2, 0.25) is 0 Å². The summed E-state index contributed by atoms with van der Waals surface area (Å²) >= 11 is 0. The summed E-state index contributed by atoms with van der Waals surface area (Å²) in [7, 11) is 0. The summed E-state index contributed by atoms with van der Waals surface area (Å²) in [6, 6.07) is 14.8. The number of anilines is 3. The highest BCUT2D eigenvalue weighted by atomic mass is 19.4. The molecule has 222 valence electrons. The van der Waals surface area contributed by atoms with Crippen molar-refractivity contribution in [1.82, 2.24) is 10.6 Å². The van der Waals surface area contributed by atoms with E-state index < -0.39 is 24.3 Å². The van der Waals surface area contributed by atoms with Gasteiger partial charge in [0, 0.05) is 35.7 Å². The molecule has 0 saturated heterocycles. The summed E-state index contributed by atoms with van der Waals surface area (Å²) in [5, 5.41) is 29.8. The predicted octanol–water partition coefficient (Wildman–Crippen LogP) is 2.95. The average Bonchev–Trinajstić information content (AvgIpc) is 3.60. The number of amides is 1. The van der Waals surface area contributed by atoms with E-state index in [1.165, 1.54) is 0 Å². The molecule has 0 aromatic heterocycles. The molecule has 0 atom stereocenters. The average molecular weight is 591 g/mol. The van der Waals surface area contributed by atoms with Crippen LogP contribution < -0.4 is 26.6 Å². The summed E-state index contributed by atoms with van der Waals surface area (Å²) in [4.78, 5) is 38.8. The zero-order valence-electron chi connectivity index (χ0n) is 20.7. The number of carboxylic acid groups (broad SMARTS) is 2. The molecule has 0 fully saturated rings. The number of nitrogens with zero attached hydrogens (tertiary/aromatic N) is 2. The van der Waals surface area contributed by atoms with Gasteiger partial charge in [-0.3, -0.25) is 14.8 Å². The zero-order valence-corrected chi connectivity index (χ0v) is 20.7. The van der Waals surface area contributed by atoms with Crippen LogP contribution in [-0.2, 0) is 9.59 Å². The number of carboxylic acids is 2. The van der Waals surface area contributed by atoms with Crippen molar-refractivity contribution < 1.29 is 50.9 Å². The molecule has 1 amide bonds. The molecule has 41 heavy (non-hydrogen) atoms. The molecule has 0 radical (unpaired) electrons. The third-order valence-corrected chi connectivity index (χ3v) is 4.65. The molecule has 0 bridgehead atoms. The summed E-state index contributed by atoms with van der Waals surface area (Å²) in [6.45, 7) is 3.27. The fraction of sp³-hybridized carbons (Fsp3) is 0.261. The topological polar surface area (TPSA) is 177 Å². The summed E-state index contributed by atoms with van der Waals surface area (Å²) in [6.07, 6.45) is -10.2. The first kappa shape index (κ1) is 32.2. The van der Waals surface area contributed by atoms with Gasteiger partial charge in [-0.25, -0.2) is 9.59 Å². The summed E-state index contributed by atoms with van der Waals surface area (Å²) in [5.74, 6) is -4.13. The minimum Gasteiger partial charge on any atom is -0.475 e. The van der Waals surface area contributed by atoms with Crippen molar-refractivity contribution in [2.75, 3.05) is 42.1 Å². The maximum atomic E-state index is 12.4. The van der Waals surface area contributed by atoms with Gasteiger partial charge in [-0.2, -0.15) is 26.3 Å². The SMILES string of the molecule is O=C(Nc1ccc(NC2=NCCN2)cc1)c1ccc(NC2=NCCN2)cc1.O=C(O)C(F)(F)F.O=C(O)C(F)(F)F. The number of benzene rings is 2. The van der Waals surface area contributed by atoms with Crippen LogP contribution in [0.5, 0.6) is 0 Å². The molecule has 2 heterocycles. The minimum atomic E-state index is -5.08. The Morgan fingerprint density at radius 3 is 1.32 bits per heavy atom. The van der Waals surface area contributed by atoms with E-state index in [9.17, 15) is 31.1 Å². The molecule has 2 aromatic carbocycles. The maximum absolute atomic E-state index is 12.4. The lowest BCUT2D eigenvalue weighted by atomic mass is 10.2.